The second-order valence-electron chi connectivity index (χ2n) is 7.71. The fraction of sp³-hybridized carbons (Fsp3) is 0.217. The Hall–Kier alpha value is -3.63. The number of alkyl halides is 3. The smallest absolute Gasteiger partial charge is 0.420 e. The molecule has 8 nitrogen and oxygen atoms in total. The van der Waals surface area contributed by atoms with Crippen molar-refractivity contribution in [3.63, 3.8) is 0 Å². The van der Waals surface area contributed by atoms with Crippen molar-refractivity contribution in [2.24, 2.45) is 0 Å². The van der Waals surface area contributed by atoms with E-state index in [1.54, 1.807) is 30.9 Å². The van der Waals surface area contributed by atoms with E-state index in [2.05, 4.69) is 29.6 Å². The van der Waals surface area contributed by atoms with Crippen molar-refractivity contribution in [1.29, 1.82) is 0 Å². The summed E-state index contributed by atoms with van der Waals surface area (Å²) < 4.78 is 37.5. The highest BCUT2D eigenvalue weighted by atomic mass is 35.5. The molecule has 4 aromatic rings. The second-order valence-corrected chi connectivity index (χ2v) is 8.15. The molecule has 1 aliphatic rings. The van der Waals surface area contributed by atoms with Crippen LogP contribution in [0.15, 0.2) is 61.4 Å². The van der Waals surface area contributed by atoms with Gasteiger partial charge in [0.1, 0.15) is 12.1 Å². The van der Waals surface area contributed by atoms with Crippen LogP contribution in [0.4, 0.5) is 14.5 Å². The first-order valence-electron chi connectivity index (χ1n) is 10.4. The predicted molar refractivity (Wildman–Crippen MR) is 121 cm³/mol. The Morgan fingerprint density at radius 3 is 2.65 bits per heavy atom. The molecule has 0 saturated carbocycles. The fourth-order valence-corrected chi connectivity index (χ4v) is 4.01. The molecule has 1 saturated heterocycles. The van der Waals surface area contributed by atoms with Gasteiger partial charge in [0.2, 0.25) is 0 Å². The molecule has 3 heterocycles. The number of nitrogens with one attached hydrogen (secondary N) is 1. The number of benzene rings is 2. The number of hydrogen-bond acceptors (Lipinski definition) is 6. The molecule has 2 aromatic carbocycles. The zero-order valence-electron chi connectivity index (χ0n) is 17.6. The van der Waals surface area contributed by atoms with E-state index in [1.807, 2.05) is 0 Å². The SMILES string of the molecule is O=C(Nc1ccc(OC(F)(F)Cl)cc1)c1cc(-c2cncnc2)c2c(c1)ncn2[C@@H]1CCOC1. The normalized spacial score (nSPS) is 16.0. The minimum atomic E-state index is -3.81. The number of carbonyl (C=O) groups excluding carboxylic acids is 1. The lowest BCUT2D eigenvalue weighted by Gasteiger charge is -2.15. The summed E-state index contributed by atoms with van der Waals surface area (Å²) in [6.45, 7) is 1.27. The lowest BCUT2D eigenvalue weighted by Crippen LogP contribution is -2.16. The number of amides is 1. The van der Waals surface area contributed by atoms with Crippen LogP contribution in [0.3, 0.4) is 0 Å². The van der Waals surface area contributed by atoms with E-state index < -0.39 is 11.5 Å². The Morgan fingerprint density at radius 1 is 1.21 bits per heavy atom. The molecular formula is C23H18ClF2N5O3. The minimum absolute atomic E-state index is 0.132. The van der Waals surface area contributed by atoms with Gasteiger partial charge in [0, 0.05) is 53.0 Å². The molecule has 0 bridgehead atoms. The molecule has 174 valence electrons. The maximum absolute atomic E-state index is 13.0. The van der Waals surface area contributed by atoms with Crippen molar-refractivity contribution >= 4 is 34.2 Å². The lowest BCUT2D eigenvalue weighted by atomic mass is 10.0. The number of hydrogen-bond donors (Lipinski definition) is 1. The average Bonchev–Trinajstić information content (AvgIpc) is 3.49. The van der Waals surface area contributed by atoms with Gasteiger partial charge in [0.25, 0.3) is 5.91 Å². The van der Waals surface area contributed by atoms with Crippen LogP contribution in [0, 0.1) is 0 Å². The maximum atomic E-state index is 13.0. The summed E-state index contributed by atoms with van der Waals surface area (Å²) in [4.78, 5) is 25.8. The van der Waals surface area contributed by atoms with E-state index in [9.17, 15) is 13.6 Å². The van der Waals surface area contributed by atoms with E-state index in [1.165, 1.54) is 30.6 Å². The zero-order chi connectivity index (χ0) is 23.7. The molecule has 0 spiro atoms. The van der Waals surface area contributed by atoms with Gasteiger partial charge in [-0.1, -0.05) is 0 Å². The first-order chi connectivity index (χ1) is 16.4. The molecule has 0 unspecified atom stereocenters. The third kappa shape index (κ3) is 4.68. The van der Waals surface area contributed by atoms with Gasteiger partial charge in [-0.05, 0) is 42.8 Å². The monoisotopic (exact) mass is 485 g/mol. The Morgan fingerprint density at radius 2 is 1.97 bits per heavy atom. The van der Waals surface area contributed by atoms with E-state index >= 15 is 0 Å². The Kier molecular flexibility index (Phi) is 5.84. The zero-order valence-corrected chi connectivity index (χ0v) is 18.4. The number of rotatable bonds is 6. The van der Waals surface area contributed by atoms with E-state index in [-0.39, 0.29) is 11.8 Å². The first kappa shape index (κ1) is 22.2. The lowest BCUT2D eigenvalue weighted by molar-refractivity contribution is -0.0964. The molecule has 11 heteroatoms. The quantitative estimate of drug-likeness (QED) is 0.392. The molecular weight excluding hydrogens is 468 g/mol. The van der Waals surface area contributed by atoms with Crippen LogP contribution in [0.25, 0.3) is 22.2 Å². The summed E-state index contributed by atoms with van der Waals surface area (Å²) in [6.07, 6.45) is 7.42. The van der Waals surface area contributed by atoms with Crippen LogP contribution in [-0.4, -0.2) is 44.2 Å². The van der Waals surface area contributed by atoms with E-state index in [0.29, 0.717) is 30.0 Å². The average molecular weight is 486 g/mol. The molecule has 0 radical (unpaired) electrons. The summed E-state index contributed by atoms with van der Waals surface area (Å²) in [6, 6.07) is 9.06. The van der Waals surface area contributed by atoms with Crippen molar-refractivity contribution in [2.45, 2.75) is 18.0 Å². The summed E-state index contributed by atoms with van der Waals surface area (Å²) in [7, 11) is 0. The minimum Gasteiger partial charge on any atom is -0.420 e. The molecule has 2 aromatic heterocycles. The summed E-state index contributed by atoms with van der Waals surface area (Å²) in [5.74, 6) is -0.526. The summed E-state index contributed by atoms with van der Waals surface area (Å²) in [5.41, 5.74) is -0.0319. The molecule has 1 aliphatic heterocycles. The number of carbonyl (C=O) groups is 1. The highest BCUT2D eigenvalue weighted by Gasteiger charge is 2.27. The largest absolute Gasteiger partial charge is 0.487 e. The number of fused-ring (bicyclic) bond motifs is 1. The van der Waals surface area contributed by atoms with Gasteiger partial charge in [-0.2, -0.15) is 0 Å². The number of ether oxygens (including phenoxy) is 2. The van der Waals surface area contributed by atoms with Crippen LogP contribution in [0.1, 0.15) is 22.8 Å². The van der Waals surface area contributed by atoms with Crippen molar-refractivity contribution in [3.05, 3.63) is 67.0 Å². The van der Waals surface area contributed by atoms with Gasteiger partial charge < -0.3 is 19.4 Å². The Bertz CT molecular complexity index is 1320. The van der Waals surface area contributed by atoms with Crippen molar-refractivity contribution < 1.29 is 23.0 Å². The van der Waals surface area contributed by atoms with Crippen molar-refractivity contribution in [3.8, 4) is 16.9 Å². The van der Waals surface area contributed by atoms with Gasteiger partial charge in [-0.25, -0.2) is 15.0 Å². The fourth-order valence-electron chi connectivity index (χ4n) is 3.92. The number of nitrogens with zero attached hydrogens (tertiary/aromatic N) is 4. The standard InChI is InChI=1S/C23H18ClF2N5O3/c24-23(25,26)34-18-3-1-16(2-4-18)30-22(32)14-7-19(15-9-27-12-28-10-15)21-20(8-14)29-13-31(21)17-5-6-33-11-17/h1-4,7-10,12-13,17H,5-6,11H2,(H,30,32)/t17-/m1/s1. The van der Waals surface area contributed by atoms with Gasteiger partial charge in [0.05, 0.1) is 30.0 Å². The van der Waals surface area contributed by atoms with Gasteiger partial charge in [-0.15, -0.1) is 8.78 Å². The summed E-state index contributed by atoms with van der Waals surface area (Å²) in [5, 5.41) is 2.75. The first-order valence-corrected chi connectivity index (χ1v) is 10.8. The maximum Gasteiger partial charge on any atom is 0.487 e. The molecule has 1 amide bonds. The van der Waals surface area contributed by atoms with Crippen LogP contribution >= 0.6 is 11.6 Å². The van der Waals surface area contributed by atoms with Crippen LogP contribution < -0.4 is 10.1 Å². The molecule has 1 fully saturated rings. The summed E-state index contributed by atoms with van der Waals surface area (Å²) >= 11 is 4.78. The highest BCUT2D eigenvalue weighted by Crippen LogP contribution is 2.33. The predicted octanol–water partition coefficient (Wildman–Crippen LogP) is 4.87. The molecule has 1 atom stereocenters. The highest BCUT2D eigenvalue weighted by molar-refractivity contribution is 6.20. The van der Waals surface area contributed by atoms with E-state index in [4.69, 9.17) is 16.3 Å². The third-order valence-corrected chi connectivity index (χ3v) is 5.52. The number of aromatic nitrogens is 4. The molecule has 5 rings (SSSR count). The molecule has 34 heavy (non-hydrogen) atoms. The van der Waals surface area contributed by atoms with Gasteiger partial charge in [0.15, 0.2) is 0 Å². The van der Waals surface area contributed by atoms with Crippen LogP contribution in [0.5, 0.6) is 5.75 Å². The third-order valence-electron chi connectivity index (χ3n) is 5.45. The second kappa shape index (κ2) is 8.96. The molecule has 1 N–H and O–H groups in total. The Balaban J connectivity index is 1.48. The number of anilines is 1. The van der Waals surface area contributed by atoms with Crippen molar-refractivity contribution in [1.82, 2.24) is 19.5 Å². The van der Waals surface area contributed by atoms with E-state index in [0.717, 1.165) is 23.1 Å². The number of imidazole rings is 1. The van der Waals surface area contributed by atoms with Crippen molar-refractivity contribution in [2.75, 3.05) is 18.5 Å². The number of halogens is 3. The van der Waals surface area contributed by atoms with Crippen LogP contribution in [0.2, 0.25) is 0 Å². The molecule has 0 aliphatic carbocycles. The topological polar surface area (TPSA) is 91.2 Å². The van der Waals surface area contributed by atoms with Gasteiger partial charge >= 0.3 is 5.57 Å². The van der Waals surface area contributed by atoms with Crippen LogP contribution in [-0.2, 0) is 4.74 Å². The van der Waals surface area contributed by atoms with Gasteiger partial charge in [-0.3, -0.25) is 4.79 Å². The Labute approximate surface area is 197 Å².